The standard InChI is InChI=1S/C14H27ClO2/c1-4-7-8-11(5-2)10-17-13-9-12(15)14(13)16-6-3/h11-14H,4-10H2,1-3H3. The zero-order valence-electron chi connectivity index (χ0n) is 11.5. The number of alkyl halides is 1. The van der Waals surface area contributed by atoms with Crippen molar-refractivity contribution in [3.63, 3.8) is 0 Å². The maximum absolute atomic E-state index is 6.12. The predicted octanol–water partition coefficient (Wildman–Crippen LogP) is 4.00. The van der Waals surface area contributed by atoms with Crippen LogP contribution in [-0.2, 0) is 9.47 Å². The topological polar surface area (TPSA) is 18.5 Å². The van der Waals surface area contributed by atoms with Crippen molar-refractivity contribution in [1.82, 2.24) is 0 Å². The van der Waals surface area contributed by atoms with Crippen LogP contribution in [0.25, 0.3) is 0 Å². The molecule has 102 valence electrons. The second-order valence-corrected chi connectivity index (χ2v) is 5.52. The van der Waals surface area contributed by atoms with Crippen LogP contribution in [0.15, 0.2) is 0 Å². The summed E-state index contributed by atoms with van der Waals surface area (Å²) in [6, 6.07) is 0. The molecule has 17 heavy (non-hydrogen) atoms. The Balaban J connectivity index is 2.20. The molecule has 1 aliphatic rings. The third kappa shape index (κ3) is 4.76. The molecule has 0 heterocycles. The molecule has 0 amide bonds. The van der Waals surface area contributed by atoms with Crippen LogP contribution >= 0.6 is 11.6 Å². The van der Waals surface area contributed by atoms with E-state index in [9.17, 15) is 0 Å². The quantitative estimate of drug-likeness (QED) is 0.585. The Kier molecular flexibility index (Phi) is 7.49. The Bertz CT molecular complexity index is 199. The Hall–Kier alpha value is 0.210. The van der Waals surface area contributed by atoms with E-state index in [-0.39, 0.29) is 17.6 Å². The molecule has 1 rings (SSSR count). The van der Waals surface area contributed by atoms with Crippen LogP contribution in [0.3, 0.4) is 0 Å². The minimum absolute atomic E-state index is 0.116. The first kappa shape index (κ1) is 15.3. The smallest absolute Gasteiger partial charge is 0.100 e. The molecule has 1 fully saturated rings. The lowest BCUT2D eigenvalue weighted by molar-refractivity contribution is -0.128. The molecular weight excluding hydrogens is 236 g/mol. The maximum Gasteiger partial charge on any atom is 0.100 e. The zero-order valence-corrected chi connectivity index (χ0v) is 12.2. The molecule has 3 heteroatoms. The first-order valence-corrected chi connectivity index (χ1v) is 7.53. The van der Waals surface area contributed by atoms with Gasteiger partial charge in [-0.2, -0.15) is 0 Å². The number of unbranched alkanes of at least 4 members (excludes halogenated alkanes) is 1. The molecule has 0 aromatic heterocycles. The molecule has 1 aliphatic carbocycles. The SMILES string of the molecule is CCCCC(CC)COC1CC(Cl)C1OCC. The highest BCUT2D eigenvalue weighted by Gasteiger charge is 2.41. The molecule has 2 nitrogen and oxygen atoms in total. The van der Waals surface area contributed by atoms with Crippen molar-refractivity contribution in [2.45, 2.75) is 70.5 Å². The fourth-order valence-electron chi connectivity index (χ4n) is 2.25. The minimum Gasteiger partial charge on any atom is -0.375 e. The van der Waals surface area contributed by atoms with Gasteiger partial charge in [-0.3, -0.25) is 0 Å². The van der Waals surface area contributed by atoms with Crippen LogP contribution in [0.2, 0.25) is 0 Å². The van der Waals surface area contributed by atoms with Gasteiger partial charge in [-0.05, 0) is 25.7 Å². The van der Waals surface area contributed by atoms with Gasteiger partial charge in [0.1, 0.15) is 6.10 Å². The van der Waals surface area contributed by atoms with Gasteiger partial charge in [0.15, 0.2) is 0 Å². The Morgan fingerprint density at radius 3 is 2.53 bits per heavy atom. The lowest BCUT2D eigenvalue weighted by Crippen LogP contribution is -2.51. The lowest BCUT2D eigenvalue weighted by atomic mass is 9.90. The van der Waals surface area contributed by atoms with E-state index in [2.05, 4.69) is 13.8 Å². The first-order valence-electron chi connectivity index (χ1n) is 7.10. The average molecular weight is 263 g/mol. The molecule has 0 radical (unpaired) electrons. The Morgan fingerprint density at radius 1 is 1.24 bits per heavy atom. The molecule has 0 aliphatic heterocycles. The third-order valence-corrected chi connectivity index (χ3v) is 4.06. The van der Waals surface area contributed by atoms with Crippen LogP contribution in [0.1, 0.15) is 52.9 Å². The largest absolute Gasteiger partial charge is 0.375 e. The molecular formula is C14H27ClO2. The van der Waals surface area contributed by atoms with Crippen LogP contribution in [0.5, 0.6) is 0 Å². The predicted molar refractivity (Wildman–Crippen MR) is 72.7 cm³/mol. The minimum atomic E-state index is 0.116. The second kappa shape index (κ2) is 8.34. The van der Waals surface area contributed by atoms with Crippen molar-refractivity contribution in [1.29, 1.82) is 0 Å². The van der Waals surface area contributed by atoms with E-state index in [1.807, 2.05) is 6.92 Å². The van der Waals surface area contributed by atoms with Gasteiger partial charge in [0.05, 0.1) is 11.5 Å². The molecule has 0 spiro atoms. The van der Waals surface area contributed by atoms with Crippen LogP contribution < -0.4 is 0 Å². The van der Waals surface area contributed by atoms with Gasteiger partial charge in [0.25, 0.3) is 0 Å². The summed E-state index contributed by atoms with van der Waals surface area (Å²) in [5.41, 5.74) is 0. The molecule has 0 aromatic carbocycles. The van der Waals surface area contributed by atoms with E-state index in [0.717, 1.165) is 19.6 Å². The van der Waals surface area contributed by atoms with E-state index < -0.39 is 0 Å². The summed E-state index contributed by atoms with van der Waals surface area (Å²) < 4.78 is 11.5. The van der Waals surface area contributed by atoms with Crippen molar-refractivity contribution in [2.24, 2.45) is 5.92 Å². The highest BCUT2D eigenvalue weighted by molar-refractivity contribution is 6.21. The summed E-state index contributed by atoms with van der Waals surface area (Å²) in [5, 5.41) is 0.149. The van der Waals surface area contributed by atoms with Gasteiger partial charge < -0.3 is 9.47 Å². The fraction of sp³-hybridized carbons (Fsp3) is 1.00. The van der Waals surface area contributed by atoms with Crippen molar-refractivity contribution in [2.75, 3.05) is 13.2 Å². The van der Waals surface area contributed by atoms with E-state index in [1.165, 1.54) is 25.7 Å². The molecule has 0 bridgehead atoms. The van der Waals surface area contributed by atoms with Crippen LogP contribution in [-0.4, -0.2) is 30.8 Å². The lowest BCUT2D eigenvalue weighted by Gasteiger charge is -2.41. The van der Waals surface area contributed by atoms with Crippen molar-refractivity contribution >= 4 is 11.6 Å². The summed E-state index contributed by atoms with van der Waals surface area (Å²) in [4.78, 5) is 0. The number of rotatable bonds is 9. The number of ether oxygens (including phenoxy) is 2. The number of hydrogen-bond donors (Lipinski definition) is 0. The Labute approximate surface area is 111 Å². The first-order chi connectivity index (χ1) is 8.22. The summed E-state index contributed by atoms with van der Waals surface area (Å²) in [6.07, 6.45) is 6.35. The Morgan fingerprint density at radius 2 is 2.00 bits per heavy atom. The maximum atomic E-state index is 6.12. The summed E-state index contributed by atoms with van der Waals surface area (Å²) in [6.45, 7) is 8.09. The van der Waals surface area contributed by atoms with Gasteiger partial charge in [0, 0.05) is 13.2 Å². The van der Waals surface area contributed by atoms with Crippen molar-refractivity contribution in [3.8, 4) is 0 Å². The molecule has 1 saturated carbocycles. The van der Waals surface area contributed by atoms with E-state index in [4.69, 9.17) is 21.1 Å². The van der Waals surface area contributed by atoms with E-state index in [0.29, 0.717) is 5.92 Å². The van der Waals surface area contributed by atoms with Crippen LogP contribution in [0, 0.1) is 5.92 Å². The van der Waals surface area contributed by atoms with Gasteiger partial charge in [-0.1, -0.05) is 33.1 Å². The number of hydrogen-bond acceptors (Lipinski definition) is 2. The molecule has 4 atom stereocenters. The zero-order chi connectivity index (χ0) is 12.7. The van der Waals surface area contributed by atoms with Crippen molar-refractivity contribution < 1.29 is 9.47 Å². The summed E-state index contributed by atoms with van der Waals surface area (Å²) in [5.74, 6) is 0.701. The van der Waals surface area contributed by atoms with Crippen LogP contribution in [0.4, 0.5) is 0 Å². The monoisotopic (exact) mass is 262 g/mol. The third-order valence-electron chi connectivity index (χ3n) is 3.63. The molecule has 0 aromatic rings. The molecule has 4 unspecified atom stereocenters. The summed E-state index contributed by atoms with van der Waals surface area (Å²) in [7, 11) is 0. The van der Waals surface area contributed by atoms with Gasteiger partial charge in [-0.15, -0.1) is 11.6 Å². The highest BCUT2D eigenvalue weighted by atomic mass is 35.5. The van der Waals surface area contributed by atoms with E-state index >= 15 is 0 Å². The molecule has 0 N–H and O–H groups in total. The normalized spacial score (nSPS) is 30.0. The van der Waals surface area contributed by atoms with Gasteiger partial charge in [-0.25, -0.2) is 0 Å². The average Bonchev–Trinajstić information content (AvgIpc) is 2.34. The van der Waals surface area contributed by atoms with Gasteiger partial charge >= 0.3 is 0 Å². The molecule has 0 saturated heterocycles. The fourth-order valence-corrected chi connectivity index (χ4v) is 2.66. The second-order valence-electron chi connectivity index (χ2n) is 4.96. The summed E-state index contributed by atoms with van der Waals surface area (Å²) >= 11 is 6.12. The van der Waals surface area contributed by atoms with E-state index in [1.54, 1.807) is 0 Å². The van der Waals surface area contributed by atoms with Gasteiger partial charge in [0.2, 0.25) is 0 Å². The highest BCUT2D eigenvalue weighted by Crippen LogP contribution is 2.32. The number of halogens is 1. The van der Waals surface area contributed by atoms with Crippen molar-refractivity contribution in [3.05, 3.63) is 0 Å².